The third-order valence-electron chi connectivity index (χ3n) is 2.94. The summed E-state index contributed by atoms with van der Waals surface area (Å²) < 4.78 is 10.4. The standard InChI is InChI=1S/C13H19NO4/c1-4-9-10(11(7-14)13(15)16)5-8(17-2)6-12(9)18-3/h5-6,11H,4,7,14H2,1-3H3,(H,15,16). The fourth-order valence-corrected chi connectivity index (χ4v) is 1.99. The van der Waals surface area contributed by atoms with Gasteiger partial charge in [-0.3, -0.25) is 4.79 Å². The highest BCUT2D eigenvalue weighted by atomic mass is 16.5. The summed E-state index contributed by atoms with van der Waals surface area (Å²) in [6.07, 6.45) is 0.673. The van der Waals surface area contributed by atoms with Crippen LogP contribution in [-0.4, -0.2) is 31.8 Å². The molecule has 1 aromatic rings. The summed E-state index contributed by atoms with van der Waals surface area (Å²) >= 11 is 0. The number of carboxylic acids is 1. The molecular formula is C13H19NO4. The average molecular weight is 253 g/mol. The van der Waals surface area contributed by atoms with Crippen LogP contribution in [0.25, 0.3) is 0 Å². The minimum Gasteiger partial charge on any atom is -0.497 e. The van der Waals surface area contributed by atoms with Gasteiger partial charge in [-0.05, 0) is 23.6 Å². The second-order valence-electron chi connectivity index (χ2n) is 3.88. The number of benzene rings is 1. The molecule has 100 valence electrons. The van der Waals surface area contributed by atoms with Gasteiger partial charge in [0.05, 0.1) is 20.1 Å². The van der Waals surface area contributed by atoms with Gasteiger partial charge in [-0.15, -0.1) is 0 Å². The van der Waals surface area contributed by atoms with Crippen molar-refractivity contribution in [2.24, 2.45) is 5.73 Å². The molecule has 0 aromatic heterocycles. The summed E-state index contributed by atoms with van der Waals surface area (Å²) in [7, 11) is 3.08. The molecule has 3 N–H and O–H groups in total. The molecule has 0 aliphatic carbocycles. The highest BCUT2D eigenvalue weighted by Gasteiger charge is 2.23. The van der Waals surface area contributed by atoms with Crippen molar-refractivity contribution >= 4 is 5.97 Å². The van der Waals surface area contributed by atoms with Gasteiger partial charge in [0.15, 0.2) is 0 Å². The molecule has 0 spiro atoms. The summed E-state index contributed by atoms with van der Waals surface area (Å²) in [4.78, 5) is 11.2. The van der Waals surface area contributed by atoms with Crippen molar-refractivity contribution in [2.75, 3.05) is 20.8 Å². The lowest BCUT2D eigenvalue weighted by Crippen LogP contribution is -2.22. The second kappa shape index (κ2) is 6.26. The normalized spacial score (nSPS) is 12.0. The van der Waals surface area contributed by atoms with Crippen LogP contribution in [0.3, 0.4) is 0 Å². The van der Waals surface area contributed by atoms with Crippen molar-refractivity contribution < 1.29 is 19.4 Å². The van der Waals surface area contributed by atoms with E-state index in [2.05, 4.69) is 0 Å². The van der Waals surface area contributed by atoms with Crippen molar-refractivity contribution in [2.45, 2.75) is 19.3 Å². The van der Waals surface area contributed by atoms with E-state index in [1.807, 2.05) is 6.92 Å². The van der Waals surface area contributed by atoms with Crippen molar-refractivity contribution in [3.63, 3.8) is 0 Å². The van der Waals surface area contributed by atoms with Gasteiger partial charge in [-0.25, -0.2) is 0 Å². The second-order valence-corrected chi connectivity index (χ2v) is 3.88. The number of nitrogens with two attached hydrogens (primary N) is 1. The van der Waals surface area contributed by atoms with Gasteiger partial charge in [0.25, 0.3) is 0 Å². The van der Waals surface area contributed by atoms with Gasteiger partial charge in [0.1, 0.15) is 11.5 Å². The highest BCUT2D eigenvalue weighted by Crippen LogP contribution is 2.33. The van der Waals surface area contributed by atoms with Crippen molar-refractivity contribution in [3.05, 3.63) is 23.3 Å². The Kier molecular flexibility index (Phi) is 4.97. The lowest BCUT2D eigenvalue weighted by molar-refractivity contribution is -0.138. The highest BCUT2D eigenvalue weighted by molar-refractivity contribution is 5.77. The third-order valence-corrected chi connectivity index (χ3v) is 2.94. The van der Waals surface area contributed by atoms with Gasteiger partial charge in [0, 0.05) is 12.6 Å². The maximum atomic E-state index is 11.2. The van der Waals surface area contributed by atoms with Crippen LogP contribution in [0.2, 0.25) is 0 Å². The van der Waals surface area contributed by atoms with Crippen LogP contribution in [0.5, 0.6) is 11.5 Å². The first-order valence-electron chi connectivity index (χ1n) is 5.76. The van der Waals surface area contributed by atoms with Gasteiger partial charge in [-0.1, -0.05) is 6.92 Å². The Morgan fingerprint density at radius 1 is 1.39 bits per heavy atom. The predicted octanol–water partition coefficient (Wildman–Crippen LogP) is 1.39. The summed E-state index contributed by atoms with van der Waals surface area (Å²) in [5.74, 6) is -0.489. The number of hydrogen-bond donors (Lipinski definition) is 2. The van der Waals surface area contributed by atoms with Gasteiger partial charge < -0.3 is 20.3 Å². The first-order valence-corrected chi connectivity index (χ1v) is 5.76. The number of hydrogen-bond acceptors (Lipinski definition) is 4. The van der Waals surface area contributed by atoms with Crippen LogP contribution < -0.4 is 15.2 Å². The average Bonchev–Trinajstić information content (AvgIpc) is 2.37. The molecule has 0 radical (unpaired) electrons. The van der Waals surface area contributed by atoms with Crippen LogP contribution in [0.4, 0.5) is 0 Å². The zero-order chi connectivity index (χ0) is 13.7. The third kappa shape index (κ3) is 2.73. The lowest BCUT2D eigenvalue weighted by Gasteiger charge is -2.18. The van der Waals surface area contributed by atoms with Crippen LogP contribution >= 0.6 is 0 Å². The first-order chi connectivity index (χ1) is 8.58. The maximum absolute atomic E-state index is 11.2. The van der Waals surface area contributed by atoms with E-state index in [0.717, 1.165) is 5.56 Å². The number of methoxy groups -OCH3 is 2. The molecule has 18 heavy (non-hydrogen) atoms. The Hall–Kier alpha value is -1.75. The number of ether oxygens (including phenoxy) is 2. The maximum Gasteiger partial charge on any atom is 0.312 e. The molecule has 0 fully saturated rings. The van der Waals surface area contributed by atoms with Crippen LogP contribution in [0.1, 0.15) is 24.0 Å². The van der Waals surface area contributed by atoms with Gasteiger partial charge in [-0.2, -0.15) is 0 Å². The van der Waals surface area contributed by atoms with E-state index in [9.17, 15) is 9.90 Å². The van der Waals surface area contributed by atoms with E-state index in [4.69, 9.17) is 15.2 Å². The number of carboxylic acid groups (broad SMARTS) is 1. The van der Waals surface area contributed by atoms with Gasteiger partial charge >= 0.3 is 5.97 Å². The minimum atomic E-state index is -0.942. The van der Waals surface area contributed by atoms with E-state index < -0.39 is 11.9 Å². The summed E-state index contributed by atoms with van der Waals surface area (Å²) in [5.41, 5.74) is 7.06. The Morgan fingerprint density at radius 2 is 2.06 bits per heavy atom. The largest absolute Gasteiger partial charge is 0.497 e. The molecule has 1 rings (SSSR count). The topological polar surface area (TPSA) is 81.8 Å². The fourth-order valence-electron chi connectivity index (χ4n) is 1.99. The van der Waals surface area contributed by atoms with Crippen molar-refractivity contribution in [1.29, 1.82) is 0 Å². The number of aliphatic carboxylic acids is 1. The molecule has 1 aromatic carbocycles. The zero-order valence-electron chi connectivity index (χ0n) is 10.9. The molecule has 0 amide bonds. The first kappa shape index (κ1) is 14.3. The summed E-state index contributed by atoms with van der Waals surface area (Å²) in [6, 6.07) is 3.46. The van der Waals surface area contributed by atoms with E-state index in [1.54, 1.807) is 19.2 Å². The molecule has 1 atom stereocenters. The molecule has 0 saturated heterocycles. The molecule has 0 aliphatic heterocycles. The van der Waals surface area contributed by atoms with Crippen molar-refractivity contribution in [3.8, 4) is 11.5 Å². The van der Waals surface area contributed by atoms with E-state index in [0.29, 0.717) is 23.5 Å². The number of carbonyl (C=O) groups is 1. The smallest absolute Gasteiger partial charge is 0.312 e. The Labute approximate surface area is 107 Å². The van der Waals surface area contributed by atoms with Gasteiger partial charge in [0.2, 0.25) is 0 Å². The SMILES string of the molecule is CCc1c(OC)cc(OC)cc1C(CN)C(=O)O. The molecule has 0 aliphatic rings. The number of rotatable bonds is 6. The molecule has 0 saturated carbocycles. The Balaban J connectivity index is 3.42. The van der Waals surface area contributed by atoms with E-state index >= 15 is 0 Å². The minimum absolute atomic E-state index is 0.0403. The zero-order valence-corrected chi connectivity index (χ0v) is 10.9. The molecule has 5 heteroatoms. The molecular weight excluding hydrogens is 234 g/mol. The summed E-state index contributed by atoms with van der Waals surface area (Å²) in [5, 5.41) is 9.21. The van der Waals surface area contributed by atoms with Crippen LogP contribution in [0.15, 0.2) is 12.1 Å². The molecule has 0 heterocycles. The lowest BCUT2D eigenvalue weighted by atomic mass is 9.92. The fraction of sp³-hybridized carbons (Fsp3) is 0.462. The summed E-state index contributed by atoms with van der Waals surface area (Å²) in [6.45, 7) is 1.99. The van der Waals surface area contributed by atoms with E-state index in [-0.39, 0.29) is 6.54 Å². The van der Waals surface area contributed by atoms with Crippen molar-refractivity contribution in [1.82, 2.24) is 0 Å². The molecule has 1 unspecified atom stereocenters. The molecule has 5 nitrogen and oxygen atoms in total. The van der Waals surface area contributed by atoms with Crippen LogP contribution in [0, 0.1) is 0 Å². The Bertz CT molecular complexity index is 431. The van der Waals surface area contributed by atoms with Crippen LogP contribution in [-0.2, 0) is 11.2 Å². The Morgan fingerprint density at radius 3 is 2.44 bits per heavy atom. The molecule has 0 bridgehead atoms. The predicted molar refractivity (Wildman–Crippen MR) is 68.4 cm³/mol. The quantitative estimate of drug-likeness (QED) is 0.800. The monoisotopic (exact) mass is 253 g/mol. The van der Waals surface area contributed by atoms with E-state index in [1.165, 1.54) is 7.11 Å².